The number of halogens is 1. The Morgan fingerprint density at radius 1 is 1.28 bits per heavy atom. The van der Waals surface area contributed by atoms with Crippen molar-refractivity contribution in [1.82, 2.24) is 5.32 Å². The summed E-state index contributed by atoms with van der Waals surface area (Å²) >= 11 is 0. The van der Waals surface area contributed by atoms with Gasteiger partial charge in [0.05, 0.1) is 20.3 Å². The third kappa shape index (κ3) is 4.84. The van der Waals surface area contributed by atoms with Crippen LogP contribution in [0.25, 0.3) is 0 Å². The van der Waals surface area contributed by atoms with Gasteiger partial charge in [0.15, 0.2) is 0 Å². The molecular weight excluding hydrogens is 250 g/mol. The van der Waals surface area contributed by atoms with Gasteiger partial charge in [-0.25, -0.2) is 0 Å². The van der Waals surface area contributed by atoms with E-state index in [1.165, 1.54) is 18.4 Å². The minimum Gasteiger partial charge on any atom is -0.497 e. The van der Waals surface area contributed by atoms with Crippen LogP contribution in [-0.4, -0.2) is 26.8 Å². The quantitative estimate of drug-likeness (QED) is 0.893. The molecule has 1 saturated heterocycles. The van der Waals surface area contributed by atoms with Crippen molar-refractivity contribution in [2.24, 2.45) is 5.92 Å². The zero-order chi connectivity index (χ0) is 11.9. The van der Waals surface area contributed by atoms with Crippen molar-refractivity contribution >= 4 is 12.4 Å². The maximum absolute atomic E-state index is 5.75. The maximum Gasteiger partial charge on any atom is 0.118 e. The molecule has 0 spiro atoms. The van der Waals surface area contributed by atoms with Gasteiger partial charge < -0.3 is 14.8 Å². The summed E-state index contributed by atoms with van der Waals surface area (Å²) in [4.78, 5) is 0. The van der Waals surface area contributed by atoms with Gasteiger partial charge in [-0.3, -0.25) is 0 Å². The van der Waals surface area contributed by atoms with E-state index in [9.17, 15) is 0 Å². The predicted molar refractivity (Wildman–Crippen MR) is 75.5 cm³/mol. The fraction of sp³-hybridized carbons (Fsp3) is 0.571. The number of piperidine rings is 1. The highest BCUT2D eigenvalue weighted by molar-refractivity contribution is 5.85. The monoisotopic (exact) mass is 271 g/mol. The first kappa shape index (κ1) is 15.3. The molecule has 18 heavy (non-hydrogen) atoms. The topological polar surface area (TPSA) is 30.5 Å². The van der Waals surface area contributed by atoms with E-state index in [1.54, 1.807) is 7.11 Å². The molecule has 1 aliphatic rings. The summed E-state index contributed by atoms with van der Waals surface area (Å²) in [5, 5.41) is 3.40. The molecular formula is C14H22ClNO2. The highest BCUT2D eigenvalue weighted by Crippen LogP contribution is 2.14. The Hall–Kier alpha value is -0.770. The summed E-state index contributed by atoms with van der Waals surface area (Å²) in [5.41, 5.74) is 1.20. The van der Waals surface area contributed by atoms with Crippen LogP contribution in [-0.2, 0) is 11.3 Å². The van der Waals surface area contributed by atoms with E-state index in [0.29, 0.717) is 12.5 Å². The first-order valence-corrected chi connectivity index (χ1v) is 6.30. The van der Waals surface area contributed by atoms with Crippen LogP contribution in [0.3, 0.4) is 0 Å². The van der Waals surface area contributed by atoms with Crippen molar-refractivity contribution in [2.45, 2.75) is 19.4 Å². The minimum absolute atomic E-state index is 0. The fourth-order valence-corrected chi connectivity index (χ4v) is 2.13. The van der Waals surface area contributed by atoms with Gasteiger partial charge in [0.25, 0.3) is 0 Å². The smallest absolute Gasteiger partial charge is 0.118 e. The summed E-state index contributed by atoms with van der Waals surface area (Å²) in [5.74, 6) is 1.58. The number of hydrogen-bond acceptors (Lipinski definition) is 3. The van der Waals surface area contributed by atoms with Crippen molar-refractivity contribution in [2.75, 3.05) is 26.8 Å². The average Bonchev–Trinajstić information content (AvgIpc) is 2.41. The third-order valence-electron chi connectivity index (χ3n) is 3.18. The number of ether oxygens (including phenoxy) is 2. The van der Waals surface area contributed by atoms with Crippen molar-refractivity contribution < 1.29 is 9.47 Å². The number of hydrogen-bond donors (Lipinski definition) is 1. The Morgan fingerprint density at radius 3 is 2.67 bits per heavy atom. The van der Waals surface area contributed by atoms with Crippen LogP contribution in [0.1, 0.15) is 18.4 Å². The summed E-state index contributed by atoms with van der Waals surface area (Å²) in [6.45, 7) is 3.82. The van der Waals surface area contributed by atoms with Crippen LogP contribution in [0, 0.1) is 5.92 Å². The first-order valence-electron chi connectivity index (χ1n) is 6.30. The standard InChI is InChI=1S/C14H21NO2.ClH/c1-16-14-6-4-12(5-7-14)10-17-11-13-3-2-8-15-9-13;/h4-7,13,15H,2-3,8-11H2,1H3;1H. The van der Waals surface area contributed by atoms with E-state index in [1.807, 2.05) is 12.1 Å². The Bertz CT molecular complexity index is 323. The zero-order valence-electron chi connectivity index (χ0n) is 10.9. The Kier molecular flexibility index (Phi) is 7.09. The lowest BCUT2D eigenvalue weighted by Gasteiger charge is -2.22. The number of methoxy groups -OCH3 is 1. The van der Waals surface area contributed by atoms with Crippen LogP contribution in [0.5, 0.6) is 5.75 Å². The molecule has 0 radical (unpaired) electrons. The predicted octanol–water partition coefficient (Wildman–Crippen LogP) is 2.63. The Morgan fingerprint density at radius 2 is 2.06 bits per heavy atom. The third-order valence-corrected chi connectivity index (χ3v) is 3.18. The molecule has 0 amide bonds. The molecule has 1 aromatic carbocycles. The molecule has 1 aromatic rings. The van der Waals surface area contributed by atoms with Crippen LogP contribution in [0.2, 0.25) is 0 Å². The highest BCUT2D eigenvalue weighted by atomic mass is 35.5. The van der Waals surface area contributed by atoms with Crippen molar-refractivity contribution in [1.29, 1.82) is 0 Å². The van der Waals surface area contributed by atoms with Crippen LogP contribution < -0.4 is 10.1 Å². The second-order valence-electron chi connectivity index (χ2n) is 4.58. The van der Waals surface area contributed by atoms with Gasteiger partial charge in [-0.2, -0.15) is 0 Å². The Balaban J connectivity index is 0.00000162. The molecule has 1 aliphatic heterocycles. The van der Waals surface area contributed by atoms with E-state index in [-0.39, 0.29) is 12.4 Å². The molecule has 102 valence electrons. The van der Waals surface area contributed by atoms with E-state index in [4.69, 9.17) is 9.47 Å². The summed E-state index contributed by atoms with van der Waals surface area (Å²) in [6.07, 6.45) is 2.56. The van der Waals surface area contributed by atoms with Crippen molar-refractivity contribution in [3.8, 4) is 5.75 Å². The fourth-order valence-electron chi connectivity index (χ4n) is 2.13. The van der Waals surface area contributed by atoms with Crippen LogP contribution in [0.15, 0.2) is 24.3 Å². The molecule has 1 heterocycles. The van der Waals surface area contributed by atoms with Gasteiger partial charge in [-0.05, 0) is 43.0 Å². The molecule has 2 rings (SSSR count). The Labute approximate surface area is 115 Å². The molecule has 3 nitrogen and oxygen atoms in total. The van der Waals surface area contributed by atoms with Gasteiger partial charge in [-0.15, -0.1) is 12.4 Å². The molecule has 0 bridgehead atoms. The zero-order valence-corrected chi connectivity index (χ0v) is 11.7. The van der Waals surface area contributed by atoms with E-state index in [0.717, 1.165) is 25.4 Å². The molecule has 1 unspecified atom stereocenters. The highest BCUT2D eigenvalue weighted by Gasteiger charge is 2.12. The lowest BCUT2D eigenvalue weighted by atomic mass is 10.0. The van der Waals surface area contributed by atoms with Crippen molar-refractivity contribution in [3.63, 3.8) is 0 Å². The average molecular weight is 272 g/mol. The first-order chi connectivity index (χ1) is 8.38. The molecule has 0 aromatic heterocycles. The second kappa shape index (κ2) is 8.35. The summed E-state index contributed by atoms with van der Waals surface area (Å²) in [7, 11) is 1.68. The lowest BCUT2D eigenvalue weighted by molar-refractivity contribution is 0.0783. The van der Waals surface area contributed by atoms with Crippen LogP contribution in [0.4, 0.5) is 0 Å². The van der Waals surface area contributed by atoms with Gasteiger partial charge in [-0.1, -0.05) is 12.1 Å². The normalized spacial score (nSPS) is 19.1. The summed E-state index contributed by atoms with van der Waals surface area (Å²) in [6, 6.07) is 8.05. The molecule has 4 heteroatoms. The van der Waals surface area contributed by atoms with Gasteiger partial charge in [0, 0.05) is 6.54 Å². The summed E-state index contributed by atoms with van der Waals surface area (Å²) < 4.78 is 10.9. The largest absolute Gasteiger partial charge is 0.497 e. The SMILES string of the molecule is COc1ccc(COCC2CCCNC2)cc1.Cl. The molecule has 1 fully saturated rings. The number of rotatable bonds is 5. The van der Waals surface area contributed by atoms with Gasteiger partial charge in [0.2, 0.25) is 0 Å². The minimum atomic E-state index is 0. The number of nitrogens with one attached hydrogen (secondary N) is 1. The maximum atomic E-state index is 5.75. The van der Waals surface area contributed by atoms with Gasteiger partial charge in [0.1, 0.15) is 5.75 Å². The van der Waals surface area contributed by atoms with Crippen molar-refractivity contribution in [3.05, 3.63) is 29.8 Å². The van der Waals surface area contributed by atoms with Crippen LogP contribution >= 0.6 is 12.4 Å². The van der Waals surface area contributed by atoms with Gasteiger partial charge >= 0.3 is 0 Å². The molecule has 0 saturated carbocycles. The number of benzene rings is 1. The lowest BCUT2D eigenvalue weighted by Crippen LogP contribution is -2.32. The molecule has 1 N–H and O–H groups in total. The van der Waals surface area contributed by atoms with E-state index < -0.39 is 0 Å². The van der Waals surface area contributed by atoms with E-state index in [2.05, 4.69) is 17.4 Å². The van der Waals surface area contributed by atoms with E-state index >= 15 is 0 Å². The second-order valence-corrected chi connectivity index (χ2v) is 4.58. The molecule has 0 aliphatic carbocycles. The molecule has 1 atom stereocenters.